The Bertz CT molecular complexity index is 472. The number of aliphatic carboxylic acids is 1. The summed E-state index contributed by atoms with van der Waals surface area (Å²) < 4.78 is 44.3. The lowest BCUT2D eigenvalue weighted by Crippen LogP contribution is -2.21. The second-order valence-corrected chi connectivity index (χ2v) is 4.12. The fourth-order valence-electron chi connectivity index (χ4n) is 1.16. The molecule has 0 heterocycles. The van der Waals surface area contributed by atoms with Crippen molar-refractivity contribution in [1.82, 2.24) is 0 Å². The summed E-state index contributed by atoms with van der Waals surface area (Å²) in [6.45, 7) is 0.477. The molecule has 1 rings (SSSR count). The number of aryl methyl sites for hydroxylation is 1. The Kier molecular flexibility index (Phi) is 8.64. The molecule has 0 aliphatic heterocycles. The van der Waals surface area contributed by atoms with Gasteiger partial charge in [0.05, 0.1) is 0 Å². The van der Waals surface area contributed by atoms with Crippen LogP contribution in [0.2, 0.25) is 0 Å². The Morgan fingerprint density at radius 3 is 2.10 bits per heavy atom. The standard InChI is InChI=1S/C11H13ClFN.C2HF3O2/c12-7-10(8-14)2-1-9-3-5-11(13)6-4-9;3-2(4,5)1(6)7/h3-7H,1-2,8,14H2;(H,6,7)/b10-7-;. The number of nitrogens with two attached hydrogens (primary N) is 1. The minimum absolute atomic E-state index is 0.208. The number of carboxylic acids is 1. The molecular weight excluding hydrogens is 314 g/mol. The van der Waals surface area contributed by atoms with Gasteiger partial charge < -0.3 is 10.8 Å². The van der Waals surface area contributed by atoms with Crippen LogP contribution in [0.5, 0.6) is 0 Å². The zero-order chi connectivity index (χ0) is 16.5. The topological polar surface area (TPSA) is 63.3 Å². The van der Waals surface area contributed by atoms with E-state index >= 15 is 0 Å². The number of benzene rings is 1. The van der Waals surface area contributed by atoms with Crippen LogP contribution in [0.15, 0.2) is 35.4 Å². The normalized spacial score (nSPS) is 11.6. The van der Waals surface area contributed by atoms with Gasteiger partial charge in [-0.2, -0.15) is 13.2 Å². The molecule has 8 heteroatoms. The largest absolute Gasteiger partial charge is 0.490 e. The first-order valence-corrected chi connectivity index (χ1v) is 6.17. The van der Waals surface area contributed by atoms with Crippen LogP contribution in [0.3, 0.4) is 0 Å². The number of carboxylic acid groups (broad SMARTS) is 1. The van der Waals surface area contributed by atoms with Crippen LogP contribution in [0.1, 0.15) is 12.0 Å². The van der Waals surface area contributed by atoms with E-state index in [9.17, 15) is 17.6 Å². The molecule has 1 aromatic rings. The fourth-order valence-corrected chi connectivity index (χ4v) is 1.36. The van der Waals surface area contributed by atoms with Crippen LogP contribution in [-0.4, -0.2) is 23.8 Å². The molecule has 0 saturated heterocycles. The molecule has 0 bridgehead atoms. The van der Waals surface area contributed by atoms with E-state index in [1.807, 2.05) is 0 Å². The molecule has 0 saturated carbocycles. The Hall–Kier alpha value is -1.60. The first-order chi connectivity index (χ1) is 9.70. The van der Waals surface area contributed by atoms with Gasteiger partial charge in [0.15, 0.2) is 0 Å². The van der Waals surface area contributed by atoms with Crippen LogP contribution in [0, 0.1) is 5.82 Å². The van der Waals surface area contributed by atoms with Gasteiger partial charge >= 0.3 is 12.1 Å². The lowest BCUT2D eigenvalue weighted by atomic mass is 10.1. The zero-order valence-electron chi connectivity index (χ0n) is 10.8. The van der Waals surface area contributed by atoms with Crippen molar-refractivity contribution in [1.29, 1.82) is 0 Å². The Morgan fingerprint density at radius 1 is 1.29 bits per heavy atom. The first kappa shape index (κ1) is 19.4. The highest BCUT2D eigenvalue weighted by molar-refractivity contribution is 6.25. The van der Waals surface area contributed by atoms with Gasteiger partial charge in [-0.3, -0.25) is 0 Å². The van der Waals surface area contributed by atoms with Crippen molar-refractivity contribution in [3.63, 3.8) is 0 Å². The summed E-state index contributed by atoms with van der Waals surface area (Å²) in [5, 5.41) is 7.12. The van der Waals surface area contributed by atoms with Gasteiger partial charge in [0.1, 0.15) is 5.82 Å². The third-order valence-electron chi connectivity index (χ3n) is 2.31. The second kappa shape index (κ2) is 9.36. The molecule has 0 amide bonds. The summed E-state index contributed by atoms with van der Waals surface area (Å²) in [6.07, 6.45) is -3.42. The van der Waals surface area contributed by atoms with Crippen molar-refractivity contribution < 1.29 is 27.5 Å². The van der Waals surface area contributed by atoms with E-state index in [0.29, 0.717) is 6.54 Å². The van der Waals surface area contributed by atoms with Crippen molar-refractivity contribution >= 4 is 17.6 Å². The summed E-state index contributed by atoms with van der Waals surface area (Å²) in [4.78, 5) is 8.90. The van der Waals surface area contributed by atoms with Gasteiger partial charge in [0, 0.05) is 12.1 Å². The summed E-state index contributed by atoms with van der Waals surface area (Å²) in [6, 6.07) is 6.47. The van der Waals surface area contributed by atoms with Crippen LogP contribution < -0.4 is 5.73 Å². The van der Waals surface area contributed by atoms with Gasteiger partial charge in [0.25, 0.3) is 0 Å². The van der Waals surface area contributed by atoms with E-state index in [4.69, 9.17) is 27.2 Å². The van der Waals surface area contributed by atoms with E-state index < -0.39 is 12.1 Å². The average Bonchev–Trinajstić information content (AvgIpc) is 2.41. The highest BCUT2D eigenvalue weighted by Gasteiger charge is 2.38. The van der Waals surface area contributed by atoms with Gasteiger partial charge in [0.2, 0.25) is 0 Å². The van der Waals surface area contributed by atoms with Crippen LogP contribution in [-0.2, 0) is 11.2 Å². The third kappa shape index (κ3) is 9.04. The molecule has 0 aliphatic carbocycles. The molecule has 21 heavy (non-hydrogen) atoms. The van der Waals surface area contributed by atoms with Gasteiger partial charge in [-0.05, 0) is 36.1 Å². The maximum atomic E-state index is 12.6. The first-order valence-electron chi connectivity index (χ1n) is 5.73. The Morgan fingerprint density at radius 2 is 1.76 bits per heavy atom. The molecule has 118 valence electrons. The SMILES string of the molecule is NC/C(=C\Cl)CCc1ccc(F)cc1.O=C(O)C(F)(F)F. The second-order valence-electron chi connectivity index (χ2n) is 3.90. The monoisotopic (exact) mass is 327 g/mol. The van der Waals surface area contributed by atoms with E-state index in [1.165, 1.54) is 17.7 Å². The van der Waals surface area contributed by atoms with Crippen molar-refractivity contribution in [3.8, 4) is 0 Å². The highest BCUT2D eigenvalue weighted by Crippen LogP contribution is 2.13. The molecule has 0 aliphatic rings. The Labute approximate surface area is 124 Å². The van der Waals surface area contributed by atoms with E-state index in [1.54, 1.807) is 12.1 Å². The molecule has 1 aromatic carbocycles. The maximum Gasteiger partial charge on any atom is 0.490 e. The van der Waals surface area contributed by atoms with Crippen LogP contribution in [0.4, 0.5) is 17.6 Å². The summed E-state index contributed by atoms with van der Waals surface area (Å²) in [5.74, 6) is -2.96. The molecule has 0 atom stereocenters. The number of rotatable bonds is 4. The fraction of sp³-hybridized carbons (Fsp3) is 0.308. The minimum atomic E-state index is -5.08. The van der Waals surface area contributed by atoms with E-state index in [-0.39, 0.29) is 5.82 Å². The van der Waals surface area contributed by atoms with E-state index in [0.717, 1.165) is 24.0 Å². The van der Waals surface area contributed by atoms with Crippen LogP contribution in [0.25, 0.3) is 0 Å². The average molecular weight is 328 g/mol. The summed E-state index contributed by atoms with van der Waals surface area (Å²) in [5.41, 5.74) is 9.08. The predicted molar refractivity (Wildman–Crippen MR) is 71.4 cm³/mol. The number of hydrogen-bond donors (Lipinski definition) is 2. The molecule has 0 spiro atoms. The molecular formula is C13H14ClF4NO2. The summed E-state index contributed by atoms with van der Waals surface area (Å²) >= 11 is 5.56. The molecule has 0 unspecified atom stereocenters. The molecule has 3 nitrogen and oxygen atoms in total. The zero-order valence-corrected chi connectivity index (χ0v) is 11.6. The van der Waals surface area contributed by atoms with Gasteiger partial charge in [-0.1, -0.05) is 23.7 Å². The Balaban J connectivity index is 0.000000486. The van der Waals surface area contributed by atoms with Gasteiger partial charge in [-0.25, -0.2) is 9.18 Å². The quantitative estimate of drug-likeness (QED) is 0.832. The van der Waals surface area contributed by atoms with Crippen molar-refractivity contribution in [2.24, 2.45) is 5.73 Å². The number of carbonyl (C=O) groups is 1. The smallest absolute Gasteiger partial charge is 0.475 e. The predicted octanol–water partition coefficient (Wildman–Crippen LogP) is 3.47. The maximum absolute atomic E-state index is 12.6. The lowest BCUT2D eigenvalue weighted by molar-refractivity contribution is -0.192. The van der Waals surface area contributed by atoms with Crippen molar-refractivity contribution in [2.75, 3.05) is 6.54 Å². The molecule has 3 N–H and O–H groups in total. The molecule has 0 radical (unpaired) electrons. The van der Waals surface area contributed by atoms with Crippen molar-refractivity contribution in [3.05, 3.63) is 46.8 Å². The lowest BCUT2D eigenvalue weighted by Gasteiger charge is -2.03. The van der Waals surface area contributed by atoms with Crippen molar-refractivity contribution in [2.45, 2.75) is 19.0 Å². The highest BCUT2D eigenvalue weighted by atomic mass is 35.5. The third-order valence-corrected chi connectivity index (χ3v) is 2.62. The number of hydrogen-bond acceptors (Lipinski definition) is 2. The van der Waals surface area contributed by atoms with E-state index in [2.05, 4.69) is 0 Å². The van der Waals surface area contributed by atoms with Gasteiger partial charge in [-0.15, -0.1) is 0 Å². The molecule has 0 aromatic heterocycles. The number of halogens is 5. The molecule has 0 fully saturated rings. The van der Waals surface area contributed by atoms with Crippen LogP contribution >= 0.6 is 11.6 Å². The number of alkyl halides is 3. The minimum Gasteiger partial charge on any atom is -0.475 e. The summed E-state index contributed by atoms with van der Waals surface area (Å²) in [7, 11) is 0.